The van der Waals surface area contributed by atoms with Crippen LogP contribution in [0.25, 0.3) is 0 Å². The molecule has 0 amide bonds. The van der Waals surface area contributed by atoms with Crippen LogP contribution in [0.3, 0.4) is 0 Å². The van der Waals surface area contributed by atoms with Gasteiger partial charge in [-0.1, -0.05) is 13.8 Å². The predicted molar refractivity (Wildman–Crippen MR) is 103 cm³/mol. The van der Waals surface area contributed by atoms with Gasteiger partial charge in [-0.15, -0.1) is 0 Å². The molecule has 3 fully saturated rings. The molecule has 3 heterocycles. The Bertz CT molecular complexity index is 321. The first kappa shape index (κ1) is 18.7. The van der Waals surface area contributed by atoms with Crippen molar-refractivity contribution in [2.75, 3.05) is 39.3 Å². The van der Waals surface area contributed by atoms with Crippen molar-refractivity contribution in [1.29, 1.82) is 0 Å². The molecular formula is C21H41N3. The van der Waals surface area contributed by atoms with E-state index in [0.29, 0.717) is 0 Å². The van der Waals surface area contributed by atoms with Crippen LogP contribution in [0.15, 0.2) is 0 Å². The van der Waals surface area contributed by atoms with Crippen molar-refractivity contribution in [3.05, 3.63) is 0 Å². The fourth-order valence-electron chi connectivity index (χ4n) is 5.33. The molecule has 0 atom stereocenters. The van der Waals surface area contributed by atoms with Crippen molar-refractivity contribution < 1.29 is 0 Å². The number of hydrogen-bond acceptors (Lipinski definition) is 3. The fourth-order valence-corrected chi connectivity index (χ4v) is 5.33. The number of rotatable bonds is 4. The molecule has 24 heavy (non-hydrogen) atoms. The molecule has 3 aliphatic heterocycles. The van der Waals surface area contributed by atoms with E-state index in [4.69, 9.17) is 0 Å². The summed E-state index contributed by atoms with van der Waals surface area (Å²) in [5, 5.41) is 0. The van der Waals surface area contributed by atoms with Crippen LogP contribution in [0.5, 0.6) is 0 Å². The van der Waals surface area contributed by atoms with Gasteiger partial charge in [0.25, 0.3) is 0 Å². The van der Waals surface area contributed by atoms with Crippen molar-refractivity contribution in [3.63, 3.8) is 0 Å². The van der Waals surface area contributed by atoms with Crippen molar-refractivity contribution in [2.45, 2.75) is 84.3 Å². The van der Waals surface area contributed by atoms with E-state index in [2.05, 4.69) is 42.4 Å². The van der Waals surface area contributed by atoms with Crippen LogP contribution in [-0.2, 0) is 0 Å². The Kier molecular flexibility index (Phi) is 6.62. The third kappa shape index (κ3) is 4.53. The molecular weight excluding hydrogens is 294 g/mol. The van der Waals surface area contributed by atoms with Gasteiger partial charge in [-0.3, -0.25) is 0 Å². The Hall–Kier alpha value is -0.120. The molecule has 3 rings (SSSR count). The van der Waals surface area contributed by atoms with Crippen LogP contribution in [0.4, 0.5) is 0 Å². The maximum Gasteiger partial charge on any atom is 0.0120 e. The van der Waals surface area contributed by atoms with Crippen LogP contribution in [0.1, 0.15) is 66.2 Å². The zero-order valence-electron chi connectivity index (χ0n) is 16.7. The van der Waals surface area contributed by atoms with E-state index < -0.39 is 0 Å². The molecule has 0 aromatic heterocycles. The molecule has 0 saturated carbocycles. The van der Waals surface area contributed by atoms with E-state index in [9.17, 15) is 0 Å². The van der Waals surface area contributed by atoms with Gasteiger partial charge >= 0.3 is 0 Å². The van der Waals surface area contributed by atoms with Crippen LogP contribution in [0, 0.1) is 11.8 Å². The minimum Gasteiger partial charge on any atom is -0.301 e. The molecule has 0 radical (unpaired) electrons. The summed E-state index contributed by atoms with van der Waals surface area (Å²) in [7, 11) is 0. The lowest BCUT2D eigenvalue weighted by Crippen LogP contribution is -2.52. The first-order valence-electron chi connectivity index (χ1n) is 10.8. The van der Waals surface area contributed by atoms with Crippen molar-refractivity contribution in [3.8, 4) is 0 Å². The lowest BCUT2D eigenvalue weighted by atomic mass is 9.85. The van der Waals surface area contributed by atoms with Gasteiger partial charge in [0.2, 0.25) is 0 Å². The molecule has 3 heteroatoms. The highest BCUT2D eigenvalue weighted by Crippen LogP contribution is 2.29. The van der Waals surface area contributed by atoms with Crippen molar-refractivity contribution in [1.82, 2.24) is 14.7 Å². The van der Waals surface area contributed by atoms with E-state index in [-0.39, 0.29) is 0 Å². The highest BCUT2D eigenvalue weighted by atomic mass is 15.2. The maximum absolute atomic E-state index is 2.83. The normalized spacial score (nSPS) is 28.2. The summed E-state index contributed by atoms with van der Waals surface area (Å²) in [6, 6.07) is 2.48. The summed E-state index contributed by atoms with van der Waals surface area (Å²) < 4.78 is 0. The molecule has 3 nitrogen and oxygen atoms in total. The first-order valence-corrected chi connectivity index (χ1v) is 10.8. The lowest BCUT2D eigenvalue weighted by molar-refractivity contribution is 0.0345. The molecule has 3 saturated heterocycles. The summed E-state index contributed by atoms with van der Waals surface area (Å²) in [5.74, 6) is 1.86. The van der Waals surface area contributed by atoms with Gasteiger partial charge in [0.15, 0.2) is 0 Å². The van der Waals surface area contributed by atoms with Crippen molar-refractivity contribution >= 4 is 0 Å². The Balaban J connectivity index is 1.39. The van der Waals surface area contributed by atoms with Crippen LogP contribution >= 0.6 is 0 Å². The third-order valence-corrected chi connectivity index (χ3v) is 7.28. The van der Waals surface area contributed by atoms with E-state index >= 15 is 0 Å². The molecule has 0 aliphatic carbocycles. The van der Waals surface area contributed by atoms with E-state index in [1.54, 1.807) is 0 Å². The molecule has 3 aliphatic rings. The lowest BCUT2D eigenvalue weighted by Gasteiger charge is -2.46. The monoisotopic (exact) mass is 335 g/mol. The summed E-state index contributed by atoms with van der Waals surface area (Å²) >= 11 is 0. The Labute approximate surface area is 150 Å². The number of nitrogens with zero attached hydrogens (tertiary/aromatic N) is 3. The zero-order valence-corrected chi connectivity index (χ0v) is 16.7. The second kappa shape index (κ2) is 8.51. The molecule has 0 bridgehead atoms. The average Bonchev–Trinajstić information content (AvgIpc) is 2.62. The SMILES string of the molecule is CC(C)C1CCN(C2CCN(C3CCN(C(C)C)CC3)CC2)CC1. The highest BCUT2D eigenvalue weighted by Gasteiger charge is 2.32. The number of hydrogen-bond donors (Lipinski definition) is 0. The average molecular weight is 336 g/mol. The molecule has 0 aromatic carbocycles. The summed E-state index contributed by atoms with van der Waals surface area (Å²) in [4.78, 5) is 8.31. The Morgan fingerprint density at radius 1 is 0.583 bits per heavy atom. The second-order valence-corrected chi connectivity index (χ2v) is 9.25. The van der Waals surface area contributed by atoms with Gasteiger partial charge in [0.05, 0.1) is 0 Å². The summed E-state index contributed by atoms with van der Waals surface area (Å²) in [6.07, 6.45) is 8.48. The molecule has 0 N–H and O–H groups in total. The number of piperidine rings is 3. The summed E-state index contributed by atoms with van der Waals surface area (Å²) in [5.41, 5.74) is 0. The standard InChI is InChI=1S/C21H41N3/c1-17(2)19-5-11-23(12-6-19)21-9-15-24(16-10-21)20-7-13-22(14-8-20)18(3)4/h17-21H,5-16H2,1-4H3. The smallest absolute Gasteiger partial charge is 0.0120 e. The van der Waals surface area contributed by atoms with E-state index in [1.807, 2.05) is 0 Å². The molecule has 0 aromatic rings. The van der Waals surface area contributed by atoms with E-state index in [0.717, 1.165) is 30.0 Å². The van der Waals surface area contributed by atoms with Gasteiger partial charge in [-0.25, -0.2) is 0 Å². The fraction of sp³-hybridized carbons (Fsp3) is 1.00. The van der Waals surface area contributed by atoms with Gasteiger partial charge in [-0.05, 0) is 103 Å². The van der Waals surface area contributed by atoms with Crippen LogP contribution < -0.4 is 0 Å². The predicted octanol–water partition coefficient (Wildman–Crippen LogP) is 3.69. The van der Waals surface area contributed by atoms with Crippen molar-refractivity contribution in [2.24, 2.45) is 11.8 Å². The minimum atomic E-state index is 0.727. The molecule has 0 spiro atoms. The molecule has 140 valence electrons. The second-order valence-electron chi connectivity index (χ2n) is 9.25. The largest absolute Gasteiger partial charge is 0.301 e. The zero-order chi connectivity index (χ0) is 17.1. The quantitative estimate of drug-likeness (QED) is 0.776. The third-order valence-electron chi connectivity index (χ3n) is 7.28. The van der Waals surface area contributed by atoms with Gasteiger partial charge in [0.1, 0.15) is 0 Å². The highest BCUT2D eigenvalue weighted by molar-refractivity contribution is 4.88. The summed E-state index contributed by atoms with van der Waals surface area (Å²) in [6.45, 7) is 17.5. The topological polar surface area (TPSA) is 9.72 Å². The van der Waals surface area contributed by atoms with Gasteiger partial charge in [-0.2, -0.15) is 0 Å². The van der Waals surface area contributed by atoms with Crippen LogP contribution in [0.2, 0.25) is 0 Å². The van der Waals surface area contributed by atoms with E-state index in [1.165, 1.54) is 77.8 Å². The number of likely N-dealkylation sites (tertiary alicyclic amines) is 3. The van der Waals surface area contributed by atoms with Gasteiger partial charge in [0, 0.05) is 18.1 Å². The minimum absolute atomic E-state index is 0.727. The maximum atomic E-state index is 2.83. The van der Waals surface area contributed by atoms with Crippen LogP contribution in [-0.4, -0.2) is 72.1 Å². The molecule has 0 unspecified atom stereocenters. The Morgan fingerprint density at radius 3 is 1.42 bits per heavy atom. The van der Waals surface area contributed by atoms with Gasteiger partial charge < -0.3 is 14.7 Å². The Morgan fingerprint density at radius 2 is 1.00 bits per heavy atom. The first-order chi connectivity index (χ1) is 11.5.